The summed E-state index contributed by atoms with van der Waals surface area (Å²) in [6, 6.07) is 4.87. The molecule has 0 bridgehead atoms. The number of nitrogens with two attached hydrogens (primary N) is 1. The number of aromatic nitrogens is 2. The molecule has 1 aliphatic carbocycles. The fraction of sp³-hybridized carbons (Fsp3) is 0.391. The molecule has 0 unspecified atom stereocenters. The van der Waals surface area contributed by atoms with E-state index in [1.807, 2.05) is 6.07 Å². The zero-order chi connectivity index (χ0) is 21.3. The molecule has 31 heavy (non-hydrogen) atoms. The van der Waals surface area contributed by atoms with Crippen molar-refractivity contribution in [3.8, 4) is 0 Å². The lowest BCUT2D eigenvalue weighted by molar-refractivity contribution is 0.0329. The molecule has 8 heteroatoms. The Morgan fingerprint density at radius 1 is 1.19 bits per heavy atom. The van der Waals surface area contributed by atoms with Gasteiger partial charge in [0.25, 0.3) is 5.91 Å². The van der Waals surface area contributed by atoms with E-state index in [0.29, 0.717) is 48.3 Å². The maximum Gasteiger partial charge on any atom is 0.270 e. The first-order chi connectivity index (χ1) is 15.0. The van der Waals surface area contributed by atoms with Crippen LogP contribution < -0.4 is 5.73 Å². The van der Waals surface area contributed by atoms with Gasteiger partial charge in [-0.2, -0.15) is 0 Å². The van der Waals surface area contributed by atoms with E-state index in [4.69, 9.17) is 15.2 Å². The number of hydrogen-bond acceptors (Lipinski definition) is 5. The molecule has 0 radical (unpaired) electrons. The molecule has 7 nitrogen and oxygen atoms in total. The number of nitrogens with one attached hydrogen (secondary N) is 1. The van der Waals surface area contributed by atoms with Gasteiger partial charge in [-0.05, 0) is 42.0 Å². The van der Waals surface area contributed by atoms with Gasteiger partial charge in [0, 0.05) is 23.7 Å². The van der Waals surface area contributed by atoms with Gasteiger partial charge >= 0.3 is 0 Å². The molecule has 1 saturated carbocycles. The number of ether oxygens (including phenoxy) is 2. The first kappa shape index (κ1) is 18.8. The van der Waals surface area contributed by atoms with Gasteiger partial charge in [-0.3, -0.25) is 4.79 Å². The van der Waals surface area contributed by atoms with Crippen molar-refractivity contribution in [1.82, 2.24) is 14.9 Å². The summed E-state index contributed by atoms with van der Waals surface area (Å²) in [5.74, 6) is 0.371. The van der Waals surface area contributed by atoms with Gasteiger partial charge in [-0.25, -0.2) is 9.37 Å². The number of benzene rings is 1. The molecule has 3 aromatic rings. The average molecular weight is 422 g/mol. The predicted molar refractivity (Wildman–Crippen MR) is 112 cm³/mol. The maximum absolute atomic E-state index is 15.1. The monoisotopic (exact) mass is 422 g/mol. The van der Waals surface area contributed by atoms with Gasteiger partial charge < -0.3 is 25.1 Å². The normalized spacial score (nSPS) is 20.0. The Morgan fingerprint density at radius 2 is 2.00 bits per heavy atom. The summed E-state index contributed by atoms with van der Waals surface area (Å²) in [6.07, 6.45) is 2.21. The summed E-state index contributed by atoms with van der Waals surface area (Å²) in [4.78, 5) is 22.5. The lowest BCUT2D eigenvalue weighted by Gasteiger charge is -2.33. The van der Waals surface area contributed by atoms with Crippen LogP contribution in [0.5, 0.6) is 0 Å². The summed E-state index contributed by atoms with van der Waals surface area (Å²) >= 11 is 0. The lowest BCUT2D eigenvalue weighted by atomic mass is 9.93. The average Bonchev–Trinajstić information content (AvgIpc) is 3.34. The fourth-order valence-corrected chi connectivity index (χ4v) is 4.80. The van der Waals surface area contributed by atoms with E-state index in [-0.39, 0.29) is 18.3 Å². The summed E-state index contributed by atoms with van der Waals surface area (Å²) in [5.41, 5.74) is 12.0. The molecule has 160 valence electrons. The highest BCUT2D eigenvalue weighted by atomic mass is 19.1. The molecule has 1 atom stereocenters. The van der Waals surface area contributed by atoms with Crippen LogP contribution in [0.1, 0.15) is 63.1 Å². The van der Waals surface area contributed by atoms with Gasteiger partial charge in [0.05, 0.1) is 43.5 Å². The van der Waals surface area contributed by atoms with Gasteiger partial charge in [0.15, 0.2) is 0 Å². The third-order valence-corrected chi connectivity index (χ3v) is 6.68. The summed E-state index contributed by atoms with van der Waals surface area (Å²) in [7, 11) is 1.68. The Bertz CT molecular complexity index is 1230. The van der Waals surface area contributed by atoms with Crippen molar-refractivity contribution in [1.29, 1.82) is 0 Å². The van der Waals surface area contributed by atoms with Crippen molar-refractivity contribution in [3.63, 3.8) is 0 Å². The van der Waals surface area contributed by atoms with E-state index < -0.39 is 6.04 Å². The number of aromatic amines is 1. The number of carbonyl (C=O) groups is 1. The third kappa shape index (κ3) is 2.93. The van der Waals surface area contributed by atoms with Gasteiger partial charge in [-0.15, -0.1) is 0 Å². The van der Waals surface area contributed by atoms with Crippen LogP contribution in [0.15, 0.2) is 18.2 Å². The topological polar surface area (TPSA) is 93.5 Å². The minimum absolute atomic E-state index is 0.253. The van der Waals surface area contributed by atoms with E-state index in [2.05, 4.69) is 9.97 Å². The van der Waals surface area contributed by atoms with Crippen molar-refractivity contribution < 1.29 is 18.7 Å². The number of nitrogen functional groups attached to an aromatic ring is 1. The Labute approximate surface area is 178 Å². The molecule has 3 N–H and O–H groups in total. The molecule has 6 rings (SSSR count). The molecule has 1 amide bonds. The molecule has 1 aromatic carbocycles. The zero-order valence-electron chi connectivity index (χ0n) is 17.2. The largest absolute Gasteiger partial charge is 0.383 e. The number of nitrogens with zero attached hydrogens (tertiary/aromatic N) is 2. The molecule has 0 saturated heterocycles. The van der Waals surface area contributed by atoms with Crippen LogP contribution in [0.2, 0.25) is 0 Å². The Hall–Kier alpha value is -2.97. The number of H-pyrrole nitrogens is 1. The van der Waals surface area contributed by atoms with Crippen LogP contribution in [0, 0.1) is 5.82 Å². The lowest BCUT2D eigenvalue weighted by Crippen LogP contribution is -2.37. The van der Waals surface area contributed by atoms with E-state index in [9.17, 15) is 4.79 Å². The van der Waals surface area contributed by atoms with Crippen LogP contribution in [0.3, 0.4) is 0 Å². The van der Waals surface area contributed by atoms with E-state index in [0.717, 1.165) is 40.6 Å². The Kier molecular flexibility index (Phi) is 4.10. The van der Waals surface area contributed by atoms with Crippen LogP contribution in [-0.2, 0) is 29.3 Å². The first-order valence-electron chi connectivity index (χ1n) is 10.6. The van der Waals surface area contributed by atoms with Gasteiger partial charge in [-0.1, -0.05) is 6.07 Å². The van der Waals surface area contributed by atoms with Crippen LogP contribution in [0.4, 0.5) is 10.2 Å². The van der Waals surface area contributed by atoms with E-state index in [1.54, 1.807) is 24.1 Å². The zero-order valence-corrected chi connectivity index (χ0v) is 17.2. The minimum Gasteiger partial charge on any atom is -0.383 e. The van der Waals surface area contributed by atoms with E-state index in [1.165, 1.54) is 0 Å². The third-order valence-electron chi connectivity index (χ3n) is 6.68. The van der Waals surface area contributed by atoms with Crippen molar-refractivity contribution in [3.05, 3.63) is 57.5 Å². The SMILES string of the molecule is CN(C(=O)c1cc2nc(N)c3c(c2[nH]1)COC3)[C@@H]1COCc2cc(C3CC3)cc(F)c21. The molecule has 0 spiro atoms. The summed E-state index contributed by atoms with van der Waals surface area (Å²) < 4.78 is 26.4. The van der Waals surface area contributed by atoms with Crippen molar-refractivity contribution >= 4 is 22.8 Å². The number of pyridine rings is 1. The van der Waals surface area contributed by atoms with Gasteiger partial charge in [0.1, 0.15) is 17.3 Å². The quantitative estimate of drug-likeness (QED) is 0.674. The smallest absolute Gasteiger partial charge is 0.270 e. The second-order valence-corrected chi connectivity index (χ2v) is 8.69. The van der Waals surface area contributed by atoms with E-state index >= 15 is 4.39 Å². The highest BCUT2D eigenvalue weighted by molar-refractivity contribution is 5.98. The van der Waals surface area contributed by atoms with Crippen molar-refractivity contribution in [2.75, 3.05) is 19.4 Å². The maximum atomic E-state index is 15.1. The van der Waals surface area contributed by atoms with Crippen molar-refractivity contribution in [2.24, 2.45) is 0 Å². The molecule has 2 aromatic heterocycles. The highest BCUT2D eigenvalue weighted by Gasteiger charge is 2.34. The molecule has 4 heterocycles. The number of anilines is 1. The highest BCUT2D eigenvalue weighted by Crippen LogP contribution is 2.43. The molecule has 1 fully saturated rings. The molecular formula is C23H23FN4O3. The number of fused-ring (bicyclic) bond motifs is 4. The summed E-state index contributed by atoms with van der Waals surface area (Å²) in [6.45, 7) is 1.47. The number of carbonyl (C=O) groups excluding carboxylic acids is 1. The number of likely N-dealkylation sites (N-methyl/N-ethyl adjacent to an activating group) is 1. The number of rotatable bonds is 3. The van der Waals surface area contributed by atoms with Crippen molar-refractivity contribution in [2.45, 2.75) is 44.6 Å². The second kappa shape index (κ2) is 6.77. The Morgan fingerprint density at radius 3 is 2.81 bits per heavy atom. The molecular weight excluding hydrogens is 399 g/mol. The van der Waals surface area contributed by atoms with Gasteiger partial charge in [0.2, 0.25) is 0 Å². The number of halogens is 1. The standard InChI is InChI=1S/C23H23FN4O3/c1-28(19-10-30-7-13-4-12(11-2-3-11)5-16(24)20(13)19)23(29)18-6-17-21(26-18)14-8-31-9-15(14)22(25)27-17/h4-6,11,19,26H,2-3,7-10H2,1H3,(H2,25,27)/t19-/m1/s1. The number of amides is 1. The summed E-state index contributed by atoms with van der Waals surface area (Å²) in [5, 5.41) is 0. The Balaban J connectivity index is 1.35. The second-order valence-electron chi connectivity index (χ2n) is 8.69. The number of hydrogen-bond donors (Lipinski definition) is 2. The van der Waals surface area contributed by atoms with Crippen LogP contribution in [0.25, 0.3) is 11.0 Å². The molecule has 2 aliphatic heterocycles. The molecule has 3 aliphatic rings. The predicted octanol–water partition coefficient (Wildman–Crippen LogP) is 3.54. The first-order valence-corrected chi connectivity index (χ1v) is 10.6. The van der Waals surface area contributed by atoms with Crippen LogP contribution >= 0.6 is 0 Å². The minimum atomic E-state index is -0.497. The van der Waals surface area contributed by atoms with Crippen LogP contribution in [-0.4, -0.2) is 34.4 Å². The fourth-order valence-electron chi connectivity index (χ4n) is 4.80.